The number of imidazole rings is 1. The van der Waals surface area contributed by atoms with E-state index in [1.165, 1.54) is 7.11 Å². The van der Waals surface area contributed by atoms with Crippen molar-refractivity contribution in [2.45, 2.75) is 19.9 Å². The van der Waals surface area contributed by atoms with Crippen molar-refractivity contribution >= 4 is 17.0 Å². The zero-order chi connectivity index (χ0) is 13.1. The third kappa shape index (κ3) is 2.03. The Morgan fingerprint density at radius 1 is 1.39 bits per heavy atom. The van der Waals surface area contributed by atoms with Gasteiger partial charge in [0.05, 0.1) is 25.3 Å². The standard InChI is InChI=1S/C13H16N2O3/c1-4-7-15-11-6-5-9(17-2)8-10(11)14-12(15)13(16)18-3/h5-6,8H,4,7H2,1-3H3. The molecule has 1 aromatic heterocycles. The van der Waals surface area contributed by atoms with Gasteiger partial charge in [-0.1, -0.05) is 6.92 Å². The van der Waals surface area contributed by atoms with Gasteiger partial charge in [-0.3, -0.25) is 0 Å². The fourth-order valence-electron chi connectivity index (χ4n) is 1.93. The third-order valence-corrected chi connectivity index (χ3v) is 2.77. The molecular formula is C13H16N2O3. The van der Waals surface area contributed by atoms with E-state index >= 15 is 0 Å². The van der Waals surface area contributed by atoms with E-state index in [9.17, 15) is 4.79 Å². The second-order valence-corrected chi connectivity index (χ2v) is 3.93. The van der Waals surface area contributed by atoms with E-state index in [0.29, 0.717) is 5.82 Å². The van der Waals surface area contributed by atoms with Crippen LogP contribution >= 0.6 is 0 Å². The molecule has 0 saturated heterocycles. The van der Waals surface area contributed by atoms with Gasteiger partial charge in [0.2, 0.25) is 5.82 Å². The van der Waals surface area contributed by atoms with Crippen molar-refractivity contribution < 1.29 is 14.3 Å². The van der Waals surface area contributed by atoms with Crippen molar-refractivity contribution in [3.63, 3.8) is 0 Å². The van der Waals surface area contributed by atoms with Crippen molar-refractivity contribution in [3.05, 3.63) is 24.0 Å². The maximum Gasteiger partial charge on any atom is 0.374 e. The number of methoxy groups -OCH3 is 2. The van der Waals surface area contributed by atoms with Crippen LogP contribution in [-0.4, -0.2) is 29.7 Å². The number of benzene rings is 1. The number of hydrogen-bond donors (Lipinski definition) is 0. The normalized spacial score (nSPS) is 10.6. The number of hydrogen-bond acceptors (Lipinski definition) is 4. The molecule has 0 saturated carbocycles. The molecule has 0 atom stereocenters. The highest BCUT2D eigenvalue weighted by Gasteiger charge is 2.17. The van der Waals surface area contributed by atoms with Gasteiger partial charge >= 0.3 is 5.97 Å². The topological polar surface area (TPSA) is 53.4 Å². The van der Waals surface area contributed by atoms with Crippen LogP contribution in [-0.2, 0) is 11.3 Å². The minimum absolute atomic E-state index is 0.336. The van der Waals surface area contributed by atoms with Crippen LogP contribution in [0.3, 0.4) is 0 Å². The van der Waals surface area contributed by atoms with Crippen LogP contribution < -0.4 is 4.74 Å². The average Bonchev–Trinajstić information content (AvgIpc) is 2.76. The quantitative estimate of drug-likeness (QED) is 0.779. The fraction of sp³-hybridized carbons (Fsp3) is 0.385. The summed E-state index contributed by atoms with van der Waals surface area (Å²) in [5.74, 6) is 0.640. The van der Waals surface area contributed by atoms with Gasteiger partial charge in [0.25, 0.3) is 0 Å². The minimum atomic E-state index is -0.418. The molecule has 0 radical (unpaired) electrons. The molecule has 0 spiro atoms. The molecule has 2 rings (SSSR count). The molecule has 0 fully saturated rings. The molecule has 0 amide bonds. The molecule has 1 aromatic carbocycles. The number of carbonyl (C=O) groups is 1. The summed E-state index contributed by atoms with van der Waals surface area (Å²) in [6.07, 6.45) is 0.918. The van der Waals surface area contributed by atoms with E-state index in [2.05, 4.69) is 11.9 Å². The Kier molecular flexibility index (Phi) is 3.50. The fourth-order valence-corrected chi connectivity index (χ4v) is 1.93. The maximum absolute atomic E-state index is 11.7. The van der Waals surface area contributed by atoms with Crippen LogP contribution in [0.1, 0.15) is 24.0 Å². The van der Waals surface area contributed by atoms with Gasteiger partial charge in [-0.15, -0.1) is 0 Å². The Morgan fingerprint density at radius 3 is 2.78 bits per heavy atom. The Labute approximate surface area is 105 Å². The first kappa shape index (κ1) is 12.4. The number of ether oxygens (including phenoxy) is 2. The predicted molar refractivity (Wildman–Crippen MR) is 67.9 cm³/mol. The number of esters is 1. The van der Waals surface area contributed by atoms with E-state index in [0.717, 1.165) is 29.7 Å². The Hall–Kier alpha value is -2.04. The largest absolute Gasteiger partial charge is 0.497 e. The van der Waals surface area contributed by atoms with Gasteiger partial charge in [0.1, 0.15) is 5.75 Å². The Morgan fingerprint density at radius 2 is 2.17 bits per heavy atom. The summed E-state index contributed by atoms with van der Waals surface area (Å²) in [5, 5.41) is 0. The summed E-state index contributed by atoms with van der Waals surface area (Å²) in [7, 11) is 2.96. The highest BCUT2D eigenvalue weighted by molar-refractivity contribution is 5.91. The summed E-state index contributed by atoms with van der Waals surface area (Å²) >= 11 is 0. The first-order valence-electron chi connectivity index (χ1n) is 5.83. The number of aryl methyl sites for hydroxylation is 1. The molecule has 96 valence electrons. The van der Waals surface area contributed by atoms with Crippen molar-refractivity contribution in [2.75, 3.05) is 14.2 Å². The molecule has 0 bridgehead atoms. The molecular weight excluding hydrogens is 232 g/mol. The van der Waals surface area contributed by atoms with E-state index in [4.69, 9.17) is 9.47 Å². The van der Waals surface area contributed by atoms with Gasteiger partial charge in [0.15, 0.2) is 0 Å². The Balaban J connectivity index is 2.62. The molecule has 0 unspecified atom stereocenters. The second-order valence-electron chi connectivity index (χ2n) is 3.93. The van der Waals surface area contributed by atoms with Gasteiger partial charge in [-0.2, -0.15) is 0 Å². The van der Waals surface area contributed by atoms with Crippen molar-refractivity contribution in [3.8, 4) is 5.75 Å². The zero-order valence-corrected chi connectivity index (χ0v) is 10.8. The number of aromatic nitrogens is 2. The number of carbonyl (C=O) groups excluding carboxylic acids is 1. The second kappa shape index (κ2) is 5.08. The summed E-state index contributed by atoms with van der Waals surface area (Å²) in [6, 6.07) is 5.58. The van der Waals surface area contributed by atoms with E-state index in [-0.39, 0.29) is 0 Å². The van der Waals surface area contributed by atoms with Crippen molar-refractivity contribution in [2.24, 2.45) is 0 Å². The predicted octanol–water partition coefficient (Wildman–Crippen LogP) is 2.24. The van der Waals surface area contributed by atoms with Crippen LogP contribution in [0.25, 0.3) is 11.0 Å². The van der Waals surface area contributed by atoms with Crippen LogP contribution in [0, 0.1) is 0 Å². The molecule has 0 N–H and O–H groups in total. The lowest BCUT2D eigenvalue weighted by molar-refractivity contribution is 0.0582. The summed E-state index contributed by atoms with van der Waals surface area (Å²) in [6.45, 7) is 2.78. The summed E-state index contributed by atoms with van der Waals surface area (Å²) < 4.78 is 11.8. The lowest BCUT2D eigenvalue weighted by atomic mass is 10.3. The van der Waals surface area contributed by atoms with E-state index < -0.39 is 5.97 Å². The molecule has 1 heterocycles. The number of nitrogens with zero attached hydrogens (tertiary/aromatic N) is 2. The van der Waals surface area contributed by atoms with Crippen LogP contribution in [0.4, 0.5) is 0 Å². The number of rotatable bonds is 4. The van der Waals surface area contributed by atoms with Crippen LogP contribution in [0.2, 0.25) is 0 Å². The molecule has 0 aliphatic carbocycles. The highest BCUT2D eigenvalue weighted by atomic mass is 16.5. The zero-order valence-electron chi connectivity index (χ0n) is 10.8. The first-order valence-corrected chi connectivity index (χ1v) is 5.83. The number of fused-ring (bicyclic) bond motifs is 1. The lowest BCUT2D eigenvalue weighted by Gasteiger charge is -2.06. The molecule has 2 aromatic rings. The van der Waals surface area contributed by atoms with Gasteiger partial charge in [0, 0.05) is 12.6 Å². The van der Waals surface area contributed by atoms with E-state index in [1.54, 1.807) is 7.11 Å². The first-order chi connectivity index (χ1) is 8.71. The van der Waals surface area contributed by atoms with Crippen molar-refractivity contribution in [1.82, 2.24) is 9.55 Å². The maximum atomic E-state index is 11.7. The van der Waals surface area contributed by atoms with E-state index in [1.807, 2.05) is 22.8 Å². The minimum Gasteiger partial charge on any atom is -0.497 e. The molecule has 5 heteroatoms. The highest BCUT2D eigenvalue weighted by Crippen LogP contribution is 2.22. The average molecular weight is 248 g/mol. The van der Waals surface area contributed by atoms with Crippen molar-refractivity contribution in [1.29, 1.82) is 0 Å². The van der Waals surface area contributed by atoms with Gasteiger partial charge in [-0.25, -0.2) is 9.78 Å². The molecule has 5 nitrogen and oxygen atoms in total. The molecule has 0 aliphatic heterocycles. The monoisotopic (exact) mass is 248 g/mol. The van der Waals surface area contributed by atoms with Crippen LogP contribution in [0.5, 0.6) is 5.75 Å². The van der Waals surface area contributed by atoms with Gasteiger partial charge in [-0.05, 0) is 18.6 Å². The molecule has 0 aliphatic rings. The Bertz CT molecular complexity index is 575. The smallest absolute Gasteiger partial charge is 0.374 e. The van der Waals surface area contributed by atoms with Gasteiger partial charge < -0.3 is 14.0 Å². The third-order valence-electron chi connectivity index (χ3n) is 2.77. The summed E-state index contributed by atoms with van der Waals surface area (Å²) in [5.41, 5.74) is 1.65. The van der Waals surface area contributed by atoms with Crippen LogP contribution in [0.15, 0.2) is 18.2 Å². The lowest BCUT2D eigenvalue weighted by Crippen LogP contribution is -2.11. The molecule has 18 heavy (non-hydrogen) atoms. The summed E-state index contributed by atoms with van der Waals surface area (Å²) in [4.78, 5) is 16.0. The SMILES string of the molecule is CCCn1c(C(=O)OC)nc2cc(OC)ccc21.